The first kappa shape index (κ1) is 10.2. The Kier molecular flexibility index (Phi) is 2.31. The second-order valence-electron chi connectivity index (χ2n) is 3.78. The van der Waals surface area contributed by atoms with E-state index >= 15 is 0 Å². The summed E-state index contributed by atoms with van der Waals surface area (Å²) in [4.78, 5) is 0. The molecule has 1 aromatic carbocycles. The molecule has 4 heteroatoms. The van der Waals surface area contributed by atoms with Gasteiger partial charge in [0.2, 0.25) is 0 Å². The van der Waals surface area contributed by atoms with E-state index in [1.807, 2.05) is 25.1 Å². The van der Waals surface area contributed by atoms with E-state index in [1.165, 1.54) is 12.5 Å². The van der Waals surface area contributed by atoms with E-state index in [9.17, 15) is 8.42 Å². The number of hydrogen-bond donors (Lipinski definition) is 0. The van der Waals surface area contributed by atoms with Crippen LogP contribution in [0.3, 0.4) is 0 Å². The molecule has 0 atom stereocenters. The molecule has 0 aliphatic heterocycles. The van der Waals surface area contributed by atoms with Gasteiger partial charge in [-0.1, -0.05) is 12.1 Å². The Morgan fingerprint density at radius 2 is 2.07 bits per heavy atom. The minimum Gasteiger partial charge on any atom is -0.464 e. The summed E-state index contributed by atoms with van der Waals surface area (Å²) < 4.78 is 27.7. The van der Waals surface area contributed by atoms with Crippen molar-refractivity contribution in [1.29, 1.82) is 0 Å². The van der Waals surface area contributed by atoms with Crippen LogP contribution in [0.4, 0.5) is 0 Å². The molecule has 1 aromatic heterocycles. The lowest BCUT2D eigenvalue weighted by molar-refractivity contribution is 0.596. The molecule has 3 nitrogen and oxygen atoms in total. The van der Waals surface area contributed by atoms with Crippen LogP contribution in [0.2, 0.25) is 0 Å². The topological polar surface area (TPSA) is 47.3 Å². The third-order valence-corrected chi connectivity index (χ3v) is 3.14. The highest BCUT2D eigenvalue weighted by molar-refractivity contribution is 7.89. The Morgan fingerprint density at radius 1 is 1.33 bits per heavy atom. The van der Waals surface area contributed by atoms with Gasteiger partial charge in [0.1, 0.15) is 5.58 Å². The van der Waals surface area contributed by atoms with Crippen molar-refractivity contribution in [2.45, 2.75) is 12.7 Å². The molecular weight excluding hydrogens is 212 g/mol. The molecule has 0 aliphatic carbocycles. The fourth-order valence-electron chi connectivity index (χ4n) is 1.73. The molecule has 0 bridgehead atoms. The third kappa shape index (κ3) is 2.04. The second-order valence-corrected chi connectivity index (χ2v) is 5.92. The van der Waals surface area contributed by atoms with Gasteiger partial charge in [-0.25, -0.2) is 8.42 Å². The average molecular weight is 224 g/mol. The number of benzene rings is 1. The predicted octanol–water partition coefficient (Wildman–Crippen LogP) is 2.29. The lowest BCUT2D eigenvalue weighted by atomic mass is 10.1. The van der Waals surface area contributed by atoms with Gasteiger partial charge in [0.25, 0.3) is 0 Å². The zero-order valence-corrected chi connectivity index (χ0v) is 9.47. The van der Waals surface area contributed by atoms with E-state index in [-0.39, 0.29) is 5.75 Å². The number of rotatable bonds is 2. The summed E-state index contributed by atoms with van der Waals surface area (Å²) in [5.41, 5.74) is 2.53. The molecule has 0 fully saturated rings. The number of sulfone groups is 1. The first-order valence-electron chi connectivity index (χ1n) is 4.61. The fourth-order valence-corrected chi connectivity index (χ4v) is 2.51. The van der Waals surface area contributed by atoms with Crippen molar-refractivity contribution in [3.63, 3.8) is 0 Å². The van der Waals surface area contributed by atoms with Crippen molar-refractivity contribution in [2.24, 2.45) is 0 Å². The molecule has 0 radical (unpaired) electrons. The van der Waals surface area contributed by atoms with Crippen molar-refractivity contribution in [3.8, 4) is 0 Å². The maximum atomic E-state index is 11.2. The van der Waals surface area contributed by atoms with Gasteiger partial charge >= 0.3 is 0 Å². The Bertz CT molecular complexity index is 593. The summed E-state index contributed by atoms with van der Waals surface area (Å²) in [5.74, 6) is 0.0326. The smallest absolute Gasteiger partial charge is 0.151 e. The summed E-state index contributed by atoms with van der Waals surface area (Å²) >= 11 is 0. The van der Waals surface area contributed by atoms with Crippen molar-refractivity contribution in [3.05, 3.63) is 35.6 Å². The van der Waals surface area contributed by atoms with Crippen LogP contribution in [0.5, 0.6) is 0 Å². The maximum Gasteiger partial charge on any atom is 0.151 e. The van der Waals surface area contributed by atoms with Gasteiger partial charge in [0.05, 0.1) is 12.0 Å². The highest BCUT2D eigenvalue weighted by Crippen LogP contribution is 2.25. The van der Waals surface area contributed by atoms with Crippen LogP contribution in [0.15, 0.2) is 28.9 Å². The van der Waals surface area contributed by atoms with Gasteiger partial charge in [-0.3, -0.25) is 0 Å². The first-order valence-corrected chi connectivity index (χ1v) is 6.67. The number of fused-ring (bicyclic) bond motifs is 1. The molecule has 80 valence electrons. The van der Waals surface area contributed by atoms with Crippen molar-refractivity contribution < 1.29 is 12.8 Å². The fraction of sp³-hybridized carbons (Fsp3) is 0.273. The zero-order chi connectivity index (χ0) is 11.1. The van der Waals surface area contributed by atoms with E-state index in [0.29, 0.717) is 0 Å². The highest BCUT2D eigenvalue weighted by atomic mass is 32.2. The average Bonchev–Trinajstić information content (AvgIpc) is 2.47. The zero-order valence-electron chi connectivity index (χ0n) is 8.65. The molecule has 0 aliphatic rings. The Hall–Kier alpha value is -1.29. The minimum atomic E-state index is -3.02. The number of furan rings is 1. The van der Waals surface area contributed by atoms with E-state index in [4.69, 9.17) is 4.42 Å². The van der Waals surface area contributed by atoms with Gasteiger partial charge in [-0.05, 0) is 18.6 Å². The SMILES string of the molecule is Cc1cccc2occ(CS(C)(=O)=O)c12. The molecular formula is C11H12O3S. The normalized spacial score (nSPS) is 12.1. The van der Waals surface area contributed by atoms with Crippen LogP contribution < -0.4 is 0 Å². The van der Waals surface area contributed by atoms with Gasteiger partial charge < -0.3 is 4.42 Å². The lowest BCUT2D eigenvalue weighted by Crippen LogP contribution is -2.00. The molecule has 0 unspecified atom stereocenters. The Morgan fingerprint density at radius 3 is 2.73 bits per heavy atom. The monoisotopic (exact) mass is 224 g/mol. The molecule has 2 aromatic rings. The summed E-state index contributed by atoms with van der Waals surface area (Å²) in [6.07, 6.45) is 2.75. The largest absolute Gasteiger partial charge is 0.464 e. The molecule has 1 heterocycles. The first-order chi connectivity index (χ1) is 6.97. The minimum absolute atomic E-state index is 0.0326. The third-order valence-electron chi connectivity index (χ3n) is 2.30. The lowest BCUT2D eigenvalue weighted by Gasteiger charge is -1.98. The van der Waals surface area contributed by atoms with E-state index in [2.05, 4.69) is 0 Å². The van der Waals surface area contributed by atoms with Gasteiger partial charge in [0, 0.05) is 17.2 Å². The molecule has 15 heavy (non-hydrogen) atoms. The van der Waals surface area contributed by atoms with E-state index in [1.54, 1.807) is 0 Å². The van der Waals surface area contributed by atoms with Crippen LogP contribution in [-0.4, -0.2) is 14.7 Å². The Balaban J connectivity index is 2.63. The summed E-state index contributed by atoms with van der Waals surface area (Å²) in [7, 11) is -3.02. The van der Waals surface area contributed by atoms with Crippen LogP contribution in [0.1, 0.15) is 11.1 Å². The van der Waals surface area contributed by atoms with Crippen LogP contribution in [0.25, 0.3) is 11.0 Å². The predicted molar refractivity (Wildman–Crippen MR) is 59.5 cm³/mol. The molecule has 0 spiro atoms. The van der Waals surface area contributed by atoms with E-state index < -0.39 is 9.84 Å². The van der Waals surface area contributed by atoms with Crippen LogP contribution >= 0.6 is 0 Å². The summed E-state index contributed by atoms with van der Waals surface area (Å²) in [6.45, 7) is 1.95. The number of aryl methyl sites for hydroxylation is 1. The standard InChI is InChI=1S/C11H12O3S/c1-8-4-3-5-10-11(8)9(6-14-10)7-15(2,12)13/h3-6H,7H2,1-2H3. The van der Waals surface area contributed by atoms with Crippen LogP contribution in [0, 0.1) is 6.92 Å². The quantitative estimate of drug-likeness (QED) is 0.786. The van der Waals surface area contributed by atoms with Crippen molar-refractivity contribution in [1.82, 2.24) is 0 Å². The van der Waals surface area contributed by atoms with Gasteiger partial charge in [-0.15, -0.1) is 0 Å². The maximum absolute atomic E-state index is 11.2. The summed E-state index contributed by atoms with van der Waals surface area (Å²) in [5, 5.41) is 0.919. The molecule has 0 saturated heterocycles. The summed E-state index contributed by atoms with van der Waals surface area (Å²) in [6, 6.07) is 5.68. The molecule has 0 amide bonds. The number of hydrogen-bond acceptors (Lipinski definition) is 3. The van der Waals surface area contributed by atoms with Gasteiger partial charge in [-0.2, -0.15) is 0 Å². The Labute approximate surface area is 88.6 Å². The molecule has 0 saturated carbocycles. The molecule has 0 N–H and O–H groups in total. The van der Waals surface area contributed by atoms with Gasteiger partial charge in [0.15, 0.2) is 9.84 Å². The van der Waals surface area contributed by atoms with E-state index in [0.717, 1.165) is 22.1 Å². The second kappa shape index (κ2) is 3.38. The highest BCUT2D eigenvalue weighted by Gasteiger charge is 2.12. The van der Waals surface area contributed by atoms with Crippen molar-refractivity contribution in [2.75, 3.05) is 6.26 Å². The van der Waals surface area contributed by atoms with Crippen LogP contribution in [-0.2, 0) is 15.6 Å². The van der Waals surface area contributed by atoms with Crippen molar-refractivity contribution >= 4 is 20.8 Å². The molecule has 2 rings (SSSR count).